The Morgan fingerprint density at radius 1 is 0.800 bits per heavy atom. The number of rotatable bonds is 9. The van der Waals surface area contributed by atoms with Gasteiger partial charge in [-0.25, -0.2) is 14.4 Å². The van der Waals surface area contributed by atoms with E-state index in [1.54, 1.807) is 6.92 Å². The molecule has 186 valence electrons. The van der Waals surface area contributed by atoms with Crippen LogP contribution in [-0.2, 0) is 19.1 Å². The zero-order valence-corrected chi connectivity index (χ0v) is 19.4. The molecule has 9 nitrogen and oxygen atoms in total. The summed E-state index contributed by atoms with van der Waals surface area (Å²) in [5.74, 6) is -5.04. The standard InChI is InChI=1S/C13H10O.C7H12O3.C6H6O5/c14-13(11-7-3-1-4-8-11)12-9-5-2-6-10-12;1-5(7(9)10)3-4-6(2)8;1-3(5(7)8)11-4(2)6(9)10/h1-10H;3,6,8H,4H2,1-2H3,(H,9,10);1-2H2,(H,7,8)(H,9,10)/b;5-3+;. The minimum absolute atomic E-state index is 0.0752. The van der Waals surface area contributed by atoms with Crippen molar-refractivity contribution in [1.29, 1.82) is 0 Å². The fourth-order valence-electron chi connectivity index (χ4n) is 2.02. The van der Waals surface area contributed by atoms with Crippen LogP contribution in [0.25, 0.3) is 0 Å². The third kappa shape index (κ3) is 13.6. The van der Waals surface area contributed by atoms with E-state index in [4.69, 9.17) is 20.4 Å². The number of ketones is 1. The van der Waals surface area contributed by atoms with E-state index in [-0.39, 0.29) is 11.4 Å². The molecule has 0 aliphatic rings. The maximum atomic E-state index is 11.8. The molecule has 0 radical (unpaired) electrons. The lowest BCUT2D eigenvalue weighted by Crippen LogP contribution is -2.08. The number of hydrogen-bond acceptors (Lipinski definition) is 6. The number of hydrogen-bond donors (Lipinski definition) is 4. The van der Waals surface area contributed by atoms with Crippen molar-refractivity contribution in [3.05, 3.63) is 108 Å². The van der Waals surface area contributed by atoms with Gasteiger partial charge in [0.2, 0.25) is 11.5 Å². The number of carboxylic acids is 3. The summed E-state index contributed by atoms with van der Waals surface area (Å²) >= 11 is 0. The molecule has 0 aromatic heterocycles. The lowest BCUT2D eigenvalue weighted by atomic mass is 10.0. The molecule has 35 heavy (non-hydrogen) atoms. The number of ether oxygens (including phenoxy) is 1. The van der Waals surface area contributed by atoms with Crippen LogP contribution in [0.4, 0.5) is 0 Å². The van der Waals surface area contributed by atoms with E-state index < -0.39 is 35.5 Å². The highest BCUT2D eigenvalue weighted by Gasteiger charge is 2.11. The second-order valence-corrected chi connectivity index (χ2v) is 6.90. The smallest absolute Gasteiger partial charge is 0.371 e. The Hall–Kier alpha value is -4.50. The Bertz CT molecular complexity index is 987. The van der Waals surface area contributed by atoms with Crippen LogP contribution in [0.2, 0.25) is 0 Å². The molecule has 2 aromatic carbocycles. The highest BCUT2D eigenvalue weighted by Crippen LogP contribution is 2.08. The second kappa shape index (κ2) is 16.2. The summed E-state index contributed by atoms with van der Waals surface area (Å²) in [5.41, 5.74) is 1.75. The van der Waals surface area contributed by atoms with E-state index in [1.807, 2.05) is 60.7 Å². The van der Waals surface area contributed by atoms with Crippen LogP contribution < -0.4 is 0 Å². The zero-order valence-electron chi connectivity index (χ0n) is 19.4. The number of benzene rings is 2. The number of carbonyl (C=O) groups is 4. The summed E-state index contributed by atoms with van der Waals surface area (Å²) in [5, 5.41) is 33.4. The SMILES string of the molecule is C/C(=C\CC(C)O)C(=O)O.C=C(OC(=C)C(=O)O)C(=O)O.O=C(c1ccccc1)c1ccccc1. The molecule has 1 atom stereocenters. The van der Waals surface area contributed by atoms with Gasteiger partial charge in [-0.05, 0) is 33.4 Å². The van der Waals surface area contributed by atoms with Gasteiger partial charge >= 0.3 is 17.9 Å². The van der Waals surface area contributed by atoms with Crippen LogP contribution in [0.5, 0.6) is 0 Å². The summed E-state index contributed by atoms with van der Waals surface area (Å²) < 4.78 is 4.19. The number of aliphatic carboxylic acids is 3. The molecule has 0 saturated carbocycles. The molecule has 0 bridgehead atoms. The Labute approximate surface area is 202 Å². The van der Waals surface area contributed by atoms with Gasteiger partial charge in [0.25, 0.3) is 0 Å². The minimum Gasteiger partial charge on any atom is -0.478 e. The first kappa shape index (κ1) is 30.5. The average Bonchev–Trinajstić information content (AvgIpc) is 2.83. The van der Waals surface area contributed by atoms with E-state index in [0.29, 0.717) is 6.42 Å². The van der Waals surface area contributed by atoms with Crippen LogP contribution in [0.3, 0.4) is 0 Å². The predicted octanol–water partition coefficient (Wildman–Crippen LogP) is 3.91. The van der Waals surface area contributed by atoms with Crippen molar-refractivity contribution in [3.8, 4) is 0 Å². The average molecular weight is 485 g/mol. The van der Waals surface area contributed by atoms with Gasteiger partial charge in [0, 0.05) is 16.7 Å². The molecular weight excluding hydrogens is 456 g/mol. The van der Waals surface area contributed by atoms with E-state index >= 15 is 0 Å². The number of aliphatic hydroxyl groups is 1. The van der Waals surface area contributed by atoms with E-state index in [9.17, 15) is 19.2 Å². The largest absolute Gasteiger partial charge is 0.478 e. The Kier molecular flexibility index (Phi) is 14.1. The van der Waals surface area contributed by atoms with E-state index in [1.165, 1.54) is 13.0 Å². The summed E-state index contributed by atoms with van der Waals surface area (Å²) in [6.07, 6.45) is 1.44. The summed E-state index contributed by atoms with van der Waals surface area (Å²) in [7, 11) is 0. The monoisotopic (exact) mass is 484 g/mol. The van der Waals surface area contributed by atoms with Crippen molar-refractivity contribution in [2.45, 2.75) is 26.4 Å². The van der Waals surface area contributed by atoms with Crippen molar-refractivity contribution in [3.63, 3.8) is 0 Å². The molecule has 0 aliphatic heterocycles. The van der Waals surface area contributed by atoms with Gasteiger partial charge in [-0.1, -0.05) is 66.7 Å². The van der Waals surface area contributed by atoms with Gasteiger partial charge in [-0.3, -0.25) is 4.79 Å². The molecular formula is C26H28O9. The Balaban J connectivity index is 0.000000507. The van der Waals surface area contributed by atoms with Gasteiger partial charge in [0.15, 0.2) is 5.78 Å². The van der Waals surface area contributed by atoms with E-state index in [2.05, 4.69) is 17.9 Å². The summed E-state index contributed by atoms with van der Waals surface area (Å²) in [6.45, 7) is 8.98. The molecule has 1 unspecified atom stereocenters. The third-order valence-corrected chi connectivity index (χ3v) is 3.90. The topological polar surface area (TPSA) is 158 Å². The quantitative estimate of drug-likeness (QED) is 0.235. The van der Waals surface area contributed by atoms with Crippen LogP contribution in [-0.4, -0.2) is 50.2 Å². The van der Waals surface area contributed by atoms with Crippen molar-refractivity contribution in [1.82, 2.24) is 0 Å². The van der Waals surface area contributed by atoms with Gasteiger partial charge in [0.05, 0.1) is 6.10 Å². The molecule has 0 saturated heterocycles. The summed E-state index contributed by atoms with van der Waals surface area (Å²) in [6, 6.07) is 18.6. The highest BCUT2D eigenvalue weighted by molar-refractivity contribution is 6.08. The first-order chi connectivity index (χ1) is 16.4. The molecule has 2 rings (SSSR count). The molecule has 0 heterocycles. The fourth-order valence-corrected chi connectivity index (χ4v) is 2.02. The fraction of sp³-hybridized carbons (Fsp3) is 0.154. The van der Waals surface area contributed by atoms with Crippen molar-refractivity contribution in [2.24, 2.45) is 0 Å². The third-order valence-electron chi connectivity index (χ3n) is 3.90. The van der Waals surface area contributed by atoms with Gasteiger partial charge in [-0.2, -0.15) is 0 Å². The van der Waals surface area contributed by atoms with Crippen LogP contribution in [0.1, 0.15) is 36.2 Å². The van der Waals surface area contributed by atoms with Crippen molar-refractivity contribution >= 4 is 23.7 Å². The maximum absolute atomic E-state index is 11.8. The minimum atomic E-state index is -1.42. The normalized spacial score (nSPS) is 10.8. The number of aliphatic hydroxyl groups excluding tert-OH is 1. The molecule has 0 amide bonds. The van der Waals surface area contributed by atoms with Gasteiger partial charge in [0.1, 0.15) is 0 Å². The Morgan fingerprint density at radius 3 is 1.46 bits per heavy atom. The zero-order chi connectivity index (χ0) is 27.0. The lowest BCUT2D eigenvalue weighted by molar-refractivity contribution is -0.139. The molecule has 0 fully saturated rings. The molecule has 9 heteroatoms. The first-order valence-corrected chi connectivity index (χ1v) is 10.1. The molecule has 0 spiro atoms. The molecule has 0 aliphatic carbocycles. The maximum Gasteiger partial charge on any atom is 0.371 e. The number of carbonyl (C=O) groups excluding carboxylic acids is 1. The second-order valence-electron chi connectivity index (χ2n) is 6.90. The molecule has 4 N–H and O–H groups in total. The predicted molar refractivity (Wildman–Crippen MR) is 129 cm³/mol. The lowest BCUT2D eigenvalue weighted by Gasteiger charge is -2.01. The van der Waals surface area contributed by atoms with Crippen LogP contribution in [0, 0.1) is 0 Å². The molecule has 2 aromatic rings. The van der Waals surface area contributed by atoms with Gasteiger partial charge < -0.3 is 25.2 Å². The van der Waals surface area contributed by atoms with Crippen molar-refractivity contribution < 1.29 is 44.3 Å². The highest BCUT2D eigenvalue weighted by atomic mass is 16.5. The van der Waals surface area contributed by atoms with Crippen molar-refractivity contribution in [2.75, 3.05) is 0 Å². The van der Waals surface area contributed by atoms with E-state index in [0.717, 1.165) is 11.1 Å². The van der Waals surface area contributed by atoms with Gasteiger partial charge in [-0.15, -0.1) is 0 Å². The van der Waals surface area contributed by atoms with Crippen LogP contribution >= 0.6 is 0 Å². The number of carboxylic acid groups (broad SMARTS) is 3. The summed E-state index contributed by atoms with van der Waals surface area (Å²) in [4.78, 5) is 42.0. The first-order valence-electron chi connectivity index (χ1n) is 10.1. The van der Waals surface area contributed by atoms with Crippen LogP contribution in [0.15, 0.2) is 97.0 Å². The Morgan fingerprint density at radius 2 is 1.17 bits per heavy atom.